The summed E-state index contributed by atoms with van der Waals surface area (Å²) >= 11 is 5.61. The normalized spacial score (nSPS) is 15.8. The Morgan fingerprint density at radius 3 is 2.38 bits per heavy atom. The second-order valence-electron chi connectivity index (χ2n) is 3.25. The number of hydrogen-bond acceptors (Lipinski definition) is 3. The summed E-state index contributed by atoms with van der Waals surface area (Å²) in [6.07, 6.45) is 0. The molecule has 0 amide bonds. The molecule has 0 spiro atoms. The molecule has 2 atom stereocenters. The summed E-state index contributed by atoms with van der Waals surface area (Å²) in [6, 6.07) is -0.604. The van der Waals surface area contributed by atoms with Gasteiger partial charge in [-0.1, -0.05) is 13.8 Å². The van der Waals surface area contributed by atoms with Crippen molar-refractivity contribution in [3.05, 3.63) is 0 Å². The van der Waals surface area contributed by atoms with Crippen molar-refractivity contribution < 1.29 is 15.0 Å². The van der Waals surface area contributed by atoms with Gasteiger partial charge in [-0.15, -0.1) is 11.6 Å². The summed E-state index contributed by atoms with van der Waals surface area (Å²) in [5.74, 6) is -0.892. The molecule has 0 aromatic carbocycles. The monoisotopic (exact) mass is 209 g/mol. The second-order valence-corrected chi connectivity index (χ2v) is 3.87. The smallest absolute Gasteiger partial charge is 0.320 e. The molecule has 2 unspecified atom stereocenters. The van der Waals surface area contributed by atoms with Crippen LogP contribution in [0.2, 0.25) is 0 Å². The Kier molecular flexibility index (Phi) is 6.03. The number of carboxylic acid groups (broad SMARTS) is 1. The minimum absolute atomic E-state index is 0.0000551. The largest absolute Gasteiger partial charge is 0.480 e. The zero-order chi connectivity index (χ0) is 10.4. The molecule has 0 aliphatic rings. The van der Waals surface area contributed by atoms with E-state index < -0.39 is 17.4 Å². The number of aliphatic hydroxyl groups excluding tert-OH is 1. The molecule has 78 valence electrons. The van der Waals surface area contributed by atoms with Crippen molar-refractivity contribution >= 4 is 17.6 Å². The van der Waals surface area contributed by atoms with E-state index in [9.17, 15) is 4.79 Å². The topological polar surface area (TPSA) is 69.6 Å². The van der Waals surface area contributed by atoms with Crippen molar-refractivity contribution in [1.29, 1.82) is 0 Å². The number of carbonyl (C=O) groups is 1. The molecule has 0 saturated heterocycles. The van der Waals surface area contributed by atoms with E-state index in [1.54, 1.807) is 0 Å². The fraction of sp³-hybridized carbons (Fsp3) is 0.875. The van der Waals surface area contributed by atoms with Gasteiger partial charge in [0.25, 0.3) is 0 Å². The predicted octanol–water partition coefficient (Wildman–Crippen LogP) is 0.285. The third-order valence-electron chi connectivity index (χ3n) is 1.69. The van der Waals surface area contributed by atoms with Crippen LogP contribution in [0.4, 0.5) is 0 Å². The zero-order valence-corrected chi connectivity index (χ0v) is 8.58. The van der Waals surface area contributed by atoms with Gasteiger partial charge in [-0.3, -0.25) is 4.79 Å². The van der Waals surface area contributed by atoms with E-state index in [0.29, 0.717) is 6.54 Å². The van der Waals surface area contributed by atoms with Gasteiger partial charge in [-0.2, -0.15) is 0 Å². The van der Waals surface area contributed by atoms with E-state index in [-0.39, 0.29) is 12.5 Å². The van der Waals surface area contributed by atoms with Crippen LogP contribution in [0.5, 0.6) is 0 Å². The van der Waals surface area contributed by atoms with Crippen LogP contribution < -0.4 is 5.32 Å². The molecule has 5 heteroatoms. The summed E-state index contributed by atoms with van der Waals surface area (Å²) in [5, 5.41) is 19.7. The lowest BCUT2D eigenvalue weighted by atomic mass is 10.0. The molecule has 0 saturated carbocycles. The first kappa shape index (κ1) is 12.7. The Bertz CT molecular complexity index is 163. The Balaban J connectivity index is 3.90. The summed E-state index contributed by atoms with van der Waals surface area (Å²) in [6.45, 7) is 3.77. The van der Waals surface area contributed by atoms with Crippen molar-refractivity contribution in [3.63, 3.8) is 0 Å². The van der Waals surface area contributed by atoms with E-state index in [4.69, 9.17) is 21.8 Å². The van der Waals surface area contributed by atoms with Gasteiger partial charge in [0.05, 0.1) is 12.0 Å². The maximum absolute atomic E-state index is 10.7. The van der Waals surface area contributed by atoms with E-state index in [0.717, 1.165) is 0 Å². The molecule has 0 aromatic heterocycles. The number of hydrogen-bond donors (Lipinski definition) is 3. The highest BCUT2D eigenvalue weighted by atomic mass is 35.5. The molecule has 0 aliphatic heterocycles. The van der Waals surface area contributed by atoms with Gasteiger partial charge in [0, 0.05) is 6.54 Å². The Labute approximate surface area is 82.9 Å². The third kappa shape index (κ3) is 5.08. The number of rotatable bonds is 6. The van der Waals surface area contributed by atoms with Crippen molar-refractivity contribution in [3.8, 4) is 0 Å². The zero-order valence-electron chi connectivity index (χ0n) is 7.83. The lowest BCUT2D eigenvalue weighted by Gasteiger charge is -2.18. The standard InChI is InChI=1S/C8H16ClNO3/c1-5(2)7(8(12)13)10-3-6(9)4-11/h5-7,10-11H,3-4H2,1-2H3,(H,12,13). The second kappa shape index (κ2) is 6.18. The minimum atomic E-state index is -0.892. The molecule has 0 aromatic rings. The molecule has 0 aliphatic carbocycles. The molecular formula is C8H16ClNO3. The van der Waals surface area contributed by atoms with Gasteiger partial charge in [0.2, 0.25) is 0 Å². The summed E-state index contributed by atoms with van der Waals surface area (Å²) in [7, 11) is 0. The highest BCUT2D eigenvalue weighted by Crippen LogP contribution is 2.02. The van der Waals surface area contributed by atoms with Crippen LogP contribution in [0.25, 0.3) is 0 Å². The van der Waals surface area contributed by atoms with Gasteiger partial charge in [-0.05, 0) is 5.92 Å². The van der Waals surface area contributed by atoms with Gasteiger partial charge in [0.15, 0.2) is 0 Å². The van der Waals surface area contributed by atoms with E-state index in [1.807, 2.05) is 13.8 Å². The van der Waals surface area contributed by atoms with Crippen molar-refractivity contribution in [2.24, 2.45) is 5.92 Å². The van der Waals surface area contributed by atoms with Crippen molar-refractivity contribution in [2.45, 2.75) is 25.3 Å². The quantitative estimate of drug-likeness (QED) is 0.550. The number of carboxylic acids is 1. The number of aliphatic carboxylic acids is 1. The highest BCUT2D eigenvalue weighted by Gasteiger charge is 2.21. The van der Waals surface area contributed by atoms with Crippen LogP contribution >= 0.6 is 11.6 Å². The lowest BCUT2D eigenvalue weighted by Crippen LogP contribution is -2.43. The molecule has 0 fully saturated rings. The number of alkyl halides is 1. The molecule has 4 nitrogen and oxygen atoms in total. The van der Waals surface area contributed by atoms with Crippen LogP contribution in [0.1, 0.15) is 13.8 Å². The first-order valence-corrected chi connectivity index (χ1v) is 4.63. The molecule has 0 heterocycles. The van der Waals surface area contributed by atoms with E-state index in [2.05, 4.69) is 5.32 Å². The van der Waals surface area contributed by atoms with Crippen LogP contribution in [0.3, 0.4) is 0 Å². The molecule has 3 N–H and O–H groups in total. The molecular weight excluding hydrogens is 194 g/mol. The van der Waals surface area contributed by atoms with Crippen LogP contribution in [-0.4, -0.2) is 40.8 Å². The minimum Gasteiger partial charge on any atom is -0.480 e. The molecule has 0 rings (SSSR count). The summed E-state index contributed by atoms with van der Waals surface area (Å²) < 4.78 is 0. The first-order chi connectivity index (χ1) is 5.99. The van der Waals surface area contributed by atoms with Crippen molar-refractivity contribution in [1.82, 2.24) is 5.32 Å². The summed E-state index contributed by atoms with van der Waals surface area (Å²) in [4.78, 5) is 10.7. The Hall–Kier alpha value is -0.320. The third-order valence-corrected chi connectivity index (χ3v) is 1.98. The molecule has 0 bridgehead atoms. The average Bonchev–Trinajstić information content (AvgIpc) is 2.03. The SMILES string of the molecule is CC(C)C(NCC(Cl)CO)C(=O)O. The van der Waals surface area contributed by atoms with Crippen LogP contribution in [0.15, 0.2) is 0 Å². The predicted molar refractivity (Wildman–Crippen MR) is 51.0 cm³/mol. The van der Waals surface area contributed by atoms with E-state index >= 15 is 0 Å². The molecule has 0 radical (unpaired) electrons. The van der Waals surface area contributed by atoms with Gasteiger partial charge in [-0.25, -0.2) is 0 Å². The maximum atomic E-state index is 10.7. The Morgan fingerprint density at radius 1 is 1.54 bits per heavy atom. The van der Waals surface area contributed by atoms with E-state index in [1.165, 1.54) is 0 Å². The Morgan fingerprint density at radius 2 is 2.08 bits per heavy atom. The van der Waals surface area contributed by atoms with Crippen molar-refractivity contribution in [2.75, 3.05) is 13.2 Å². The first-order valence-electron chi connectivity index (χ1n) is 4.20. The number of nitrogens with one attached hydrogen (secondary N) is 1. The maximum Gasteiger partial charge on any atom is 0.320 e. The van der Waals surface area contributed by atoms with Gasteiger partial charge < -0.3 is 15.5 Å². The van der Waals surface area contributed by atoms with Gasteiger partial charge in [0.1, 0.15) is 6.04 Å². The molecule has 13 heavy (non-hydrogen) atoms. The number of aliphatic hydroxyl groups is 1. The fourth-order valence-electron chi connectivity index (χ4n) is 0.928. The lowest BCUT2D eigenvalue weighted by molar-refractivity contribution is -0.140. The highest BCUT2D eigenvalue weighted by molar-refractivity contribution is 6.20. The summed E-state index contributed by atoms with van der Waals surface area (Å²) in [5.41, 5.74) is 0. The van der Waals surface area contributed by atoms with Crippen LogP contribution in [-0.2, 0) is 4.79 Å². The average molecular weight is 210 g/mol. The number of halogens is 1. The van der Waals surface area contributed by atoms with Crippen LogP contribution in [0, 0.1) is 5.92 Å². The van der Waals surface area contributed by atoms with Gasteiger partial charge >= 0.3 is 5.97 Å². The fourth-order valence-corrected chi connectivity index (χ4v) is 1.02.